The number of alkyl halides is 3. The van der Waals surface area contributed by atoms with Gasteiger partial charge < -0.3 is 0 Å². The van der Waals surface area contributed by atoms with Gasteiger partial charge in [0, 0.05) is 6.54 Å². The van der Waals surface area contributed by atoms with Gasteiger partial charge in [-0.1, -0.05) is 5.21 Å². The van der Waals surface area contributed by atoms with Crippen LogP contribution in [0.5, 0.6) is 0 Å². The summed E-state index contributed by atoms with van der Waals surface area (Å²) < 4.78 is 37.3. The van der Waals surface area contributed by atoms with Gasteiger partial charge in [-0.25, -0.2) is 4.68 Å². The Morgan fingerprint density at radius 3 is 2.54 bits per heavy atom. The molecule has 0 fully saturated rings. The maximum Gasteiger partial charge on any atom is 0.438 e. The van der Waals surface area contributed by atoms with Gasteiger partial charge in [0.15, 0.2) is 5.69 Å². The summed E-state index contributed by atoms with van der Waals surface area (Å²) in [6.07, 6.45) is -4.61. The highest BCUT2D eigenvalue weighted by atomic mass is 19.4. The van der Waals surface area contributed by atoms with E-state index in [0.717, 1.165) is 4.68 Å². The maximum absolute atomic E-state index is 12.1. The van der Waals surface area contributed by atoms with E-state index in [1.165, 1.54) is 6.07 Å². The molecule has 0 atom stereocenters. The van der Waals surface area contributed by atoms with Crippen LogP contribution in [0.15, 0.2) is 0 Å². The van der Waals surface area contributed by atoms with E-state index in [1.807, 2.05) is 0 Å². The minimum atomic E-state index is -4.61. The molecule has 1 rings (SSSR count). The van der Waals surface area contributed by atoms with Crippen molar-refractivity contribution in [1.82, 2.24) is 15.0 Å². The van der Waals surface area contributed by atoms with Gasteiger partial charge in [0.25, 0.3) is 0 Å². The Morgan fingerprint density at radius 1 is 1.54 bits per heavy atom. The monoisotopic (exact) mass is 190 g/mol. The largest absolute Gasteiger partial charge is 0.438 e. The number of halogens is 3. The number of hydrogen-bond donors (Lipinski definition) is 0. The SMILES string of the molecule is CCn1nnc(C(F)(F)F)c1C#N. The third-order valence-corrected chi connectivity index (χ3v) is 1.41. The van der Waals surface area contributed by atoms with E-state index in [-0.39, 0.29) is 6.54 Å². The second-order valence-electron chi connectivity index (χ2n) is 2.21. The van der Waals surface area contributed by atoms with Gasteiger partial charge in [-0.05, 0) is 6.92 Å². The Kier molecular flexibility index (Phi) is 2.23. The molecule has 70 valence electrons. The molecular weight excluding hydrogens is 185 g/mol. The van der Waals surface area contributed by atoms with E-state index in [0.29, 0.717) is 0 Å². The average Bonchev–Trinajstić information content (AvgIpc) is 2.45. The predicted octanol–water partition coefficient (Wildman–Crippen LogP) is 1.19. The Balaban J connectivity index is 3.26. The first-order chi connectivity index (χ1) is 6.00. The number of nitrogens with zero attached hydrogens (tertiary/aromatic N) is 4. The van der Waals surface area contributed by atoms with Crippen molar-refractivity contribution in [3.8, 4) is 6.07 Å². The predicted molar refractivity (Wildman–Crippen MR) is 35.4 cm³/mol. The van der Waals surface area contributed by atoms with E-state index in [2.05, 4.69) is 10.3 Å². The van der Waals surface area contributed by atoms with Gasteiger partial charge in [-0.3, -0.25) is 0 Å². The lowest BCUT2D eigenvalue weighted by Gasteiger charge is -2.01. The topological polar surface area (TPSA) is 54.5 Å². The molecule has 0 aromatic carbocycles. The highest BCUT2D eigenvalue weighted by Gasteiger charge is 2.38. The van der Waals surface area contributed by atoms with E-state index in [1.54, 1.807) is 6.92 Å². The first kappa shape index (κ1) is 9.51. The van der Waals surface area contributed by atoms with Crippen molar-refractivity contribution < 1.29 is 13.2 Å². The minimum Gasteiger partial charge on any atom is -0.234 e. The summed E-state index contributed by atoms with van der Waals surface area (Å²) in [7, 11) is 0. The smallest absolute Gasteiger partial charge is 0.234 e. The number of aromatic nitrogens is 3. The van der Waals surface area contributed by atoms with Crippen molar-refractivity contribution in [2.75, 3.05) is 0 Å². The summed E-state index contributed by atoms with van der Waals surface area (Å²) in [5.41, 5.74) is -1.77. The molecule has 0 spiro atoms. The molecule has 7 heteroatoms. The zero-order valence-corrected chi connectivity index (χ0v) is 6.63. The molecule has 0 aliphatic carbocycles. The molecule has 13 heavy (non-hydrogen) atoms. The second kappa shape index (κ2) is 3.05. The Hall–Kier alpha value is -1.58. The maximum atomic E-state index is 12.1. The lowest BCUT2D eigenvalue weighted by atomic mass is 10.3. The van der Waals surface area contributed by atoms with Crippen LogP contribution < -0.4 is 0 Å². The van der Waals surface area contributed by atoms with Crippen LogP contribution in [0.25, 0.3) is 0 Å². The Bertz CT molecular complexity index is 346. The Morgan fingerprint density at radius 2 is 2.15 bits per heavy atom. The highest BCUT2D eigenvalue weighted by molar-refractivity contribution is 5.27. The van der Waals surface area contributed by atoms with E-state index >= 15 is 0 Å². The first-order valence-corrected chi connectivity index (χ1v) is 3.41. The van der Waals surface area contributed by atoms with Crippen LogP contribution in [0.2, 0.25) is 0 Å². The van der Waals surface area contributed by atoms with E-state index in [4.69, 9.17) is 5.26 Å². The van der Waals surface area contributed by atoms with Gasteiger partial charge in [-0.2, -0.15) is 18.4 Å². The van der Waals surface area contributed by atoms with Crippen molar-refractivity contribution in [3.05, 3.63) is 11.4 Å². The van der Waals surface area contributed by atoms with Gasteiger partial charge in [-0.15, -0.1) is 5.10 Å². The summed E-state index contributed by atoms with van der Waals surface area (Å²) in [5, 5.41) is 14.5. The molecule has 0 N–H and O–H groups in total. The molecule has 1 aromatic rings. The number of nitriles is 1. The molecule has 4 nitrogen and oxygen atoms in total. The number of hydrogen-bond acceptors (Lipinski definition) is 3. The summed E-state index contributed by atoms with van der Waals surface area (Å²) >= 11 is 0. The molecule has 0 aliphatic heterocycles. The van der Waals surface area contributed by atoms with Gasteiger partial charge >= 0.3 is 6.18 Å². The zero-order chi connectivity index (χ0) is 10.1. The fraction of sp³-hybridized carbons (Fsp3) is 0.500. The molecule has 0 saturated heterocycles. The fourth-order valence-electron chi connectivity index (χ4n) is 0.836. The van der Waals surface area contributed by atoms with E-state index < -0.39 is 17.6 Å². The molecule has 1 heterocycles. The highest BCUT2D eigenvalue weighted by Crippen LogP contribution is 2.29. The van der Waals surface area contributed by atoms with Gasteiger partial charge in [0.05, 0.1) is 0 Å². The normalized spacial score (nSPS) is 11.3. The minimum absolute atomic E-state index is 0.186. The summed E-state index contributed by atoms with van der Waals surface area (Å²) in [6, 6.07) is 1.42. The Labute approximate surface area is 71.6 Å². The zero-order valence-electron chi connectivity index (χ0n) is 6.63. The molecule has 0 radical (unpaired) electrons. The van der Waals surface area contributed by atoms with Crippen LogP contribution in [0.3, 0.4) is 0 Å². The molecule has 0 unspecified atom stereocenters. The van der Waals surface area contributed by atoms with Crippen LogP contribution in [-0.4, -0.2) is 15.0 Å². The molecule has 0 saturated carbocycles. The van der Waals surface area contributed by atoms with Crippen LogP contribution in [0.4, 0.5) is 13.2 Å². The first-order valence-electron chi connectivity index (χ1n) is 3.41. The van der Waals surface area contributed by atoms with Crippen LogP contribution in [0.1, 0.15) is 18.3 Å². The van der Waals surface area contributed by atoms with E-state index in [9.17, 15) is 13.2 Å². The second-order valence-corrected chi connectivity index (χ2v) is 2.21. The summed E-state index contributed by atoms with van der Waals surface area (Å²) in [4.78, 5) is 0. The standard InChI is InChI=1S/C6H5F3N4/c1-2-13-4(3-10)5(11-12-13)6(7,8)9/h2H2,1H3. The average molecular weight is 190 g/mol. The number of aryl methyl sites for hydroxylation is 1. The molecule has 0 amide bonds. The quantitative estimate of drug-likeness (QED) is 0.668. The molecular formula is C6H5F3N4. The molecule has 0 aliphatic rings. The van der Waals surface area contributed by atoms with Crippen molar-refractivity contribution in [3.63, 3.8) is 0 Å². The molecule has 0 bridgehead atoms. The van der Waals surface area contributed by atoms with Crippen molar-refractivity contribution in [2.24, 2.45) is 0 Å². The van der Waals surface area contributed by atoms with Crippen molar-refractivity contribution in [1.29, 1.82) is 5.26 Å². The fourth-order valence-corrected chi connectivity index (χ4v) is 0.836. The van der Waals surface area contributed by atoms with Crippen molar-refractivity contribution >= 4 is 0 Å². The van der Waals surface area contributed by atoms with Gasteiger partial charge in [0.2, 0.25) is 5.69 Å². The summed E-state index contributed by atoms with van der Waals surface area (Å²) in [6.45, 7) is 1.77. The third-order valence-electron chi connectivity index (χ3n) is 1.41. The lowest BCUT2D eigenvalue weighted by molar-refractivity contribution is -0.141. The third kappa shape index (κ3) is 1.61. The summed E-state index contributed by atoms with van der Waals surface area (Å²) in [5.74, 6) is 0. The number of rotatable bonds is 1. The van der Waals surface area contributed by atoms with Gasteiger partial charge in [0.1, 0.15) is 6.07 Å². The molecule has 1 aromatic heterocycles. The van der Waals surface area contributed by atoms with Crippen molar-refractivity contribution in [2.45, 2.75) is 19.6 Å². The van der Waals surface area contributed by atoms with Crippen LogP contribution in [-0.2, 0) is 12.7 Å². The lowest BCUT2D eigenvalue weighted by Crippen LogP contribution is -2.09. The van der Waals surface area contributed by atoms with Crippen LogP contribution >= 0.6 is 0 Å². The van der Waals surface area contributed by atoms with Crippen LogP contribution in [0, 0.1) is 11.3 Å².